The maximum atomic E-state index is 5.10. The first-order valence-electron chi connectivity index (χ1n) is 12.1. The first kappa shape index (κ1) is 19.8. The SMILES string of the molecule is c1ccc(CNC2CCCC2Nc2nc3c(c(N4CCCCCC4)n2)CCC3)cc1. The quantitative estimate of drug-likeness (QED) is 0.743. The molecule has 5 nitrogen and oxygen atoms in total. The van der Waals surface area contributed by atoms with Gasteiger partial charge >= 0.3 is 0 Å². The van der Waals surface area contributed by atoms with Gasteiger partial charge < -0.3 is 15.5 Å². The highest BCUT2D eigenvalue weighted by molar-refractivity contribution is 5.54. The molecule has 3 aliphatic rings. The Kier molecular flexibility index (Phi) is 6.16. The summed E-state index contributed by atoms with van der Waals surface area (Å²) in [6.45, 7) is 3.22. The van der Waals surface area contributed by atoms with Crippen molar-refractivity contribution in [2.45, 2.75) is 82.8 Å². The lowest BCUT2D eigenvalue weighted by atomic mass is 10.1. The van der Waals surface area contributed by atoms with Gasteiger partial charge in [-0.3, -0.25) is 0 Å². The Hall–Kier alpha value is -2.14. The van der Waals surface area contributed by atoms with Gasteiger partial charge in [0.15, 0.2) is 0 Å². The first-order chi connectivity index (χ1) is 14.9. The summed E-state index contributed by atoms with van der Waals surface area (Å²) in [5, 5.41) is 7.52. The molecule has 2 unspecified atom stereocenters. The average Bonchev–Trinajstić information content (AvgIpc) is 3.34. The summed E-state index contributed by atoms with van der Waals surface area (Å²) in [6, 6.07) is 11.6. The Morgan fingerprint density at radius 1 is 0.833 bits per heavy atom. The molecule has 1 aliphatic heterocycles. The van der Waals surface area contributed by atoms with Gasteiger partial charge in [0.1, 0.15) is 5.82 Å². The number of nitrogens with one attached hydrogen (secondary N) is 2. The van der Waals surface area contributed by atoms with Crippen molar-refractivity contribution in [3.05, 3.63) is 47.2 Å². The minimum Gasteiger partial charge on any atom is -0.356 e. The molecule has 2 fully saturated rings. The normalized spacial score (nSPS) is 23.9. The van der Waals surface area contributed by atoms with E-state index in [0.717, 1.165) is 38.4 Å². The van der Waals surface area contributed by atoms with Crippen LogP contribution in [0, 0.1) is 0 Å². The fraction of sp³-hybridized carbons (Fsp3) is 0.600. The third kappa shape index (κ3) is 4.46. The minimum absolute atomic E-state index is 0.408. The average molecular weight is 406 g/mol. The number of fused-ring (bicyclic) bond motifs is 1. The number of benzene rings is 1. The molecule has 1 aromatic heterocycles. The monoisotopic (exact) mass is 405 g/mol. The summed E-state index contributed by atoms with van der Waals surface area (Å²) >= 11 is 0. The van der Waals surface area contributed by atoms with Gasteiger partial charge in [-0.2, -0.15) is 4.98 Å². The number of nitrogens with zero attached hydrogens (tertiary/aromatic N) is 3. The number of anilines is 2. The molecule has 2 heterocycles. The van der Waals surface area contributed by atoms with Crippen LogP contribution in [-0.2, 0) is 19.4 Å². The van der Waals surface area contributed by atoms with Crippen molar-refractivity contribution in [3.8, 4) is 0 Å². The molecule has 0 radical (unpaired) electrons. The fourth-order valence-electron chi connectivity index (χ4n) is 5.41. The summed E-state index contributed by atoms with van der Waals surface area (Å²) in [7, 11) is 0. The van der Waals surface area contributed by atoms with E-state index in [1.165, 1.54) is 74.0 Å². The maximum absolute atomic E-state index is 5.10. The summed E-state index contributed by atoms with van der Waals surface area (Å²) < 4.78 is 0. The van der Waals surface area contributed by atoms with Crippen LogP contribution in [0.4, 0.5) is 11.8 Å². The van der Waals surface area contributed by atoms with E-state index in [9.17, 15) is 0 Å². The maximum Gasteiger partial charge on any atom is 0.225 e. The summed E-state index contributed by atoms with van der Waals surface area (Å²) in [4.78, 5) is 12.6. The Morgan fingerprint density at radius 3 is 2.47 bits per heavy atom. The van der Waals surface area contributed by atoms with Crippen molar-refractivity contribution in [1.82, 2.24) is 15.3 Å². The van der Waals surface area contributed by atoms with Crippen LogP contribution in [0.5, 0.6) is 0 Å². The zero-order valence-electron chi connectivity index (χ0n) is 18.1. The predicted molar refractivity (Wildman–Crippen MR) is 123 cm³/mol. The predicted octanol–water partition coefficient (Wildman–Crippen LogP) is 4.47. The van der Waals surface area contributed by atoms with Crippen LogP contribution >= 0.6 is 0 Å². The summed E-state index contributed by atoms with van der Waals surface area (Å²) in [5.41, 5.74) is 4.06. The molecular formula is C25H35N5. The van der Waals surface area contributed by atoms with Gasteiger partial charge in [0.2, 0.25) is 5.95 Å². The van der Waals surface area contributed by atoms with Crippen LogP contribution in [-0.4, -0.2) is 35.1 Å². The van der Waals surface area contributed by atoms with E-state index in [2.05, 4.69) is 45.9 Å². The molecule has 0 amide bonds. The largest absolute Gasteiger partial charge is 0.356 e. The lowest BCUT2D eigenvalue weighted by Crippen LogP contribution is -2.40. The third-order valence-electron chi connectivity index (χ3n) is 7.06. The van der Waals surface area contributed by atoms with Crippen molar-refractivity contribution < 1.29 is 0 Å². The van der Waals surface area contributed by atoms with E-state index < -0.39 is 0 Å². The molecule has 0 bridgehead atoms. The van der Waals surface area contributed by atoms with Crippen LogP contribution in [0.1, 0.15) is 68.2 Å². The molecule has 1 aromatic carbocycles. The second-order valence-corrected chi connectivity index (χ2v) is 9.21. The van der Waals surface area contributed by atoms with Crippen molar-refractivity contribution in [1.29, 1.82) is 0 Å². The van der Waals surface area contributed by atoms with E-state index in [-0.39, 0.29) is 0 Å². The topological polar surface area (TPSA) is 53.1 Å². The standard InChI is InChI=1S/C25H35N5/c1-2-7-17-30(16-6-1)24-20-12-8-13-21(20)27-25(29-24)28-23-15-9-14-22(23)26-18-19-10-4-3-5-11-19/h3-5,10-11,22-23,26H,1-2,6-9,12-18H2,(H,27,28,29). The molecule has 2 atom stereocenters. The molecule has 2 aliphatic carbocycles. The van der Waals surface area contributed by atoms with Crippen LogP contribution in [0.15, 0.2) is 30.3 Å². The number of aryl methyl sites for hydroxylation is 1. The molecule has 2 N–H and O–H groups in total. The van der Waals surface area contributed by atoms with Gasteiger partial charge in [0.05, 0.1) is 5.69 Å². The molecule has 1 saturated carbocycles. The van der Waals surface area contributed by atoms with Crippen molar-refractivity contribution in [2.24, 2.45) is 0 Å². The Labute approximate surface area is 180 Å². The molecule has 0 spiro atoms. The zero-order chi connectivity index (χ0) is 20.2. The summed E-state index contributed by atoms with van der Waals surface area (Å²) in [5.74, 6) is 2.09. The van der Waals surface area contributed by atoms with Crippen molar-refractivity contribution >= 4 is 11.8 Å². The van der Waals surface area contributed by atoms with Crippen molar-refractivity contribution in [3.63, 3.8) is 0 Å². The minimum atomic E-state index is 0.408. The highest BCUT2D eigenvalue weighted by atomic mass is 15.2. The van der Waals surface area contributed by atoms with E-state index >= 15 is 0 Å². The molecule has 5 heteroatoms. The Morgan fingerprint density at radius 2 is 1.63 bits per heavy atom. The lowest BCUT2D eigenvalue weighted by molar-refractivity contribution is 0.491. The molecule has 1 saturated heterocycles. The molecular weight excluding hydrogens is 370 g/mol. The number of rotatable bonds is 6. The highest BCUT2D eigenvalue weighted by Crippen LogP contribution is 2.32. The van der Waals surface area contributed by atoms with E-state index in [0.29, 0.717) is 12.1 Å². The van der Waals surface area contributed by atoms with Crippen LogP contribution in [0.2, 0.25) is 0 Å². The number of aromatic nitrogens is 2. The molecule has 160 valence electrons. The molecule has 30 heavy (non-hydrogen) atoms. The van der Waals surface area contributed by atoms with Gasteiger partial charge in [-0.15, -0.1) is 0 Å². The van der Waals surface area contributed by atoms with E-state index in [4.69, 9.17) is 9.97 Å². The van der Waals surface area contributed by atoms with Gasteiger partial charge in [0.25, 0.3) is 0 Å². The third-order valence-corrected chi connectivity index (χ3v) is 7.06. The molecule has 5 rings (SSSR count). The second kappa shape index (κ2) is 9.34. The summed E-state index contributed by atoms with van der Waals surface area (Å²) in [6.07, 6.45) is 12.4. The fourth-order valence-corrected chi connectivity index (χ4v) is 5.41. The van der Waals surface area contributed by atoms with Gasteiger partial charge in [-0.1, -0.05) is 43.2 Å². The Balaban J connectivity index is 1.30. The van der Waals surface area contributed by atoms with Crippen LogP contribution < -0.4 is 15.5 Å². The van der Waals surface area contributed by atoms with Gasteiger partial charge in [0, 0.05) is 37.3 Å². The molecule has 2 aromatic rings. The van der Waals surface area contributed by atoms with Crippen LogP contribution in [0.3, 0.4) is 0 Å². The lowest BCUT2D eigenvalue weighted by Gasteiger charge is -2.26. The highest BCUT2D eigenvalue weighted by Gasteiger charge is 2.29. The first-order valence-corrected chi connectivity index (χ1v) is 12.1. The van der Waals surface area contributed by atoms with Gasteiger partial charge in [-0.05, 0) is 56.9 Å². The smallest absolute Gasteiger partial charge is 0.225 e. The Bertz CT molecular complexity index is 829. The van der Waals surface area contributed by atoms with E-state index in [1.54, 1.807) is 0 Å². The van der Waals surface area contributed by atoms with Gasteiger partial charge in [-0.25, -0.2) is 4.98 Å². The van der Waals surface area contributed by atoms with Crippen LogP contribution in [0.25, 0.3) is 0 Å². The van der Waals surface area contributed by atoms with Crippen molar-refractivity contribution in [2.75, 3.05) is 23.3 Å². The number of hydrogen-bond donors (Lipinski definition) is 2. The second-order valence-electron chi connectivity index (χ2n) is 9.21. The zero-order valence-corrected chi connectivity index (χ0v) is 18.1. The van der Waals surface area contributed by atoms with E-state index in [1.807, 2.05) is 0 Å². The number of hydrogen-bond acceptors (Lipinski definition) is 5.